The Morgan fingerprint density at radius 1 is 1.00 bits per heavy atom. The van der Waals surface area contributed by atoms with E-state index in [9.17, 15) is 9.59 Å². The van der Waals surface area contributed by atoms with E-state index in [2.05, 4.69) is 0 Å². The second-order valence-electron chi connectivity index (χ2n) is 6.34. The summed E-state index contributed by atoms with van der Waals surface area (Å²) in [6.07, 6.45) is 1.04. The molecule has 0 aromatic heterocycles. The number of ketones is 2. The maximum absolute atomic E-state index is 11.9. The number of rotatable bonds is 1. The normalized spacial score (nSPS) is 27.5. The first kappa shape index (κ1) is 12.4. The molecule has 86 valence electrons. The van der Waals surface area contributed by atoms with E-state index in [0.29, 0.717) is 12.8 Å². The lowest BCUT2D eigenvalue weighted by atomic mass is 9.46. The maximum atomic E-state index is 11.9. The van der Waals surface area contributed by atoms with Gasteiger partial charge < -0.3 is 0 Å². The fraction of sp³-hybridized carbons (Fsp3) is 0.846. The van der Waals surface area contributed by atoms with Crippen molar-refractivity contribution in [3.63, 3.8) is 0 Å². The van der Waals surface area contributed by atoms with E-state index < -0.39 is 5.41 Å². The van der Waals surface area contributed by atoms with Gasteiger partial charge in [0.1, 0.15) is 11.6 Å². The molecule has 0 spiro atoms. The third-order valence-corrected chi connectivity index (χ3v) is 4.69. The molecular formula is C13H22O2. The highest BCUT2D eigenvalue weighted by Crippen LogP contribution is 2.58. The highest BCUT2D eigenvalue weighted by atomic mass is 16.1. The van der Waals surface area contributed by atoms with Crippen LogP contribution in [-0.2, 0) is 9.59 Å². The van der Waals surface area contributed by atoms with Crippen LogP contribution in [0.4, 0.5) is 0 Å². The monoisotopic (exact) mass is 210 g/mol. The quantitative estimate of drug-likeness (QED) is 0.666. The van der Waals surface area contributed by atoms with Crippen molar-refractivity contribution < 1.29 is 9.59 Å². The van der Waals surface area contributed by atoms with Crippen LogP contribution in [0, 0.1) is 16.2 Å². The third-order valence-electron chi connectivity index (χ3n) is 4.69. The van der Waals surface area contributed by atoms with Crippen molar-refractivity contribution >= 4 is 11.6 Å². The number of hydrogen-bond donors (Lipinski definition) is 0. The van der Waals surface area contributed by atoms with Gasteiger partial charge in [0, 0.05) is 18.3 Å². The van der Waals surface area contributed by atoms with E-state index in [1.165, 1.54) is 0 Å². The Morgan fingerprint density at radius 3 is 1.60 bits per heavy atom. The molecule has 1 fully saturated rings. The third kappa shape index (κ3) is 1.54. The molecule has 1 saturated carbocycles. The van der Waals surface area contributed by atoms with Crippen LogP contribution in [0.3, 0.4) is 0 Å². The SMILES string of the molecule is CC(=O)C1(C)C(C)(C)CC(=O)CC1(C)C. The number of Topliss-reactive ketones (excluding diaryl/α,β-unsaturated/α-hetero) is 2. The second-order valence-corrected chi connectivity index (χ2v) is 6.34. The summed E-state index contributed by atoms with van der Waals surface area (Å²) in [7, 11) is 0. The standard InChI is InChI=1S/C13H22O2/c1-9(14)13(6)11(2,3)7-10(15)8-12(13,4)5/h7-8H2,1-6H3. The Kier molecular flexibility index (Phi) is 2.62. The lowest BCUT2D eigenvalue weighted by Gasteiger charge is -2.55. The molecule has 0 aromatic rings. The van der Waals surface area contributed by atoms with Gasteiger partial charge in [-0.15, -0.1) is 0 Å². The van der Waals surface area contributed by atoms with E-state index >= 15 is 0 Å². The average Bonchev–Trinajstić information content (AvgIpc) is 1.96. The lowest BCUT2D eigenvalue weighted by molar-refractivity contribution is -0.157. The first-order valence-corrected chi connectivity index (χ1v) is 5.57. The Labute approximate surface area is 92.4 Å². The van der Waals surface area contributed by atoms with Crippen molar-refractivity contribution in [2.45, 2.75) is 54.4 Å². The van der Waals surface area contributed by atoms with Crippen molar-refractivity contribution in [3.8, 4) is 0 Å². The predicted molar refractivity (Wildman–Crippen MR) is 60.6 cm³/mol. The Hall–Kier alpha value is -0.660. The van der Waals surface area contributed by atoms with Crippen molar-refractivity contribution in [1.29, 1.82) is 0 Å². The molecule has 0 aromatic carbocycles. The Balaban J connectivity index is 3.31. The van der Waals surface area contributed by atoms with E-state index in [1.54, 1.807) is 6.92 Å². The fourth-order valence-corrected chi connectivity index (χ4v) is 3.27. The topological polar surface area (TPSA) is 34.1 Å². The van der Waals surface area contributed by atoms with Crippen LogP contribution in [0.1, 0.15) is 54.4 Å². The molecule has 0 radical (unpaired) electrons. The minimum atomic E-state index is -0.409. The van der Waals surface area contributed by atoms with Crippen LogP contribution in [0.15, 0.2) is 0 Å². The van der Waals surface area contributed by atoms with Crippen LogP contribution >= 0.6 is 0 Å². The number of hydrogen-bond acceptors (Lipinski definition) is 2. The van der Waals surface area contributed by atoms with E-state index in [-0.39, 0.29) is 22.4 Å². The summed E-state index contributed by atoms with van der Waals surface area (Å²) >= 11 is 0. The van der Waals surface area contributed by atoms with Crippen LogP contribution in [0.5, 0.6) is 0 Å². The first-order valence-electron chi connectivity index (χ1n) is 5.57. The number of carbonyl (C=O) groups is 2. The summed E-state index contributed by atoms with van der Waals surface area (Å²) in [5.41, 5.74) is -0.886. The molecule has 0 atom stereocenters. The minimum absolute atomic E-state index is 0.199. The van der Waals surface area contributed by atoms with Crippen molar-refractivity contribution in [2.24, 2.45) is 16.2 Å². The molecular weight excluding hydrogens is 188 g/mol. The largest absolute Gasteiger partial charge is 0.300 e. The second kappa shape index (κ2) is 3.16. The predicted octanol–water partition coefficient (Wildman–Crippen LogP) is 3.00. The summed E-state index contributed by atoms with van der Waals surface area (Å²) in [6, 6.07) is 0. The van der Waals surface area contributed by atoms with Gasteiger partial charge in [-0.25, -0.2) is 0 Å². The van der Waals surface area contributed by atoms with Gasteiger partial charge in [-0.05, 0) is 17.8 Å². The van der Waals surface area contributed by atoms with Crippen LogP contribution in [0.25, 0.3) is 0 Å². The van der Waals surface area contributed by atoms with E-state index in [1.807, 2.05) is 34.6 Å². The summed E-state index contributed by atoms with van der Waals surface area (Å²) < 4.78 is 0. The molecule has 15 heavy (non-hydrogen) atoms. The highest BCUT2D eigenvalue weighted by molar-refractivity contribution is 5.89. The Morgan fingerprint density at radius 2 is 1.33 bits per heavy atom. The van der Waals surface area contributed by atoms with Gasteiger partial charge in [-0.1, -0.05) is 34.6 Å². The molecule has 2 nitrogen and oxygen atoms in total. The Bertz CT molecular complexity index is 290. The van der Waals surface area contributed by atoms with E-state index in [0.717, 1.165) is 0 Å². The first-order chi connectivity index (χ1) is 6.54. The zero-order valence-corrected chi connectivity index (χ0v) is 10.7. The molecule has 2 heteroatoms. The fourth-order valence-electron chi connectivity index (χ4n) is 3.27. The van der Waals surface area contributed by atoms with Crippen molar-refractivity contribution in [1.82, 2.24) is 0 Å². The van der Waals surface area contributed by atoms with Gasteiger partial charge in [0.25, 0.3) is 0 Å². The molecule has 0 amide bonds. The average molecular weight is 210 g/mol. The summed E-state index contributed by atoms with van der Waals surface area (Å²) in [6.45, 7) is 11.8. The van der Waals surface area contributed by atoms with Gasteiger partial charge in [0.15, 0.2) is 0 Å². The van der Waals surface area contributed by atoms with Gasteiger partial charge in [-0.3, -0.25) is 9.59 Å². The van der Waals surface area contributed by atoms with Gasteiger partial charge in [-0.2, -0.15) is 0 Å². The summed E-state index contributed by atoms with van der Waals surface area (Å²) in [5.74, 6) is 0.480. The molecule has 0 saturated heterocycles. The maximum Gasteiger partial charge on any atom is 0.136 e. The van der Waals surface area contributed by atoms with Gasteiger partial charge >= 0.3 is 0 Å². The molecule has 1 rings (SSSR count). The van der Waals surface area contributed by atoms with Crippen molar-refractivity contribution in [3.05, 3.63) is 0 Å². The molecule has 0 aliphatic heterocycles. The zero-order chi connectivity index (χ0) is 12.1. The molecule has 0 heterocycles. The van der Waals surface area contributed by atoms with Gasteiger partial charge in [0.2, 0.25) is 0 Å². The van der Waals surface area contributed by atoms with Crippen molar-refractivity contribution in [2.75, 3.05) is 0 Å². The molecule has 0 bridgehead atoms. The zero-order valence-electron chi connectivity index (χ0n) is 10.7. The summed E-state index contributed by atoms with van der Waals surface area (Å²) in [5, 5.41) is 0. The lowest BCUT2D eigenvalue weighted by Crippen LogP contribution is -2.56. The smallest absolute Gasteiger partial charge is 0.136 e. The van der Waals surface area contributed by atoms with Crippen LogP contribution in [-0.4, -0.2) is 11.6 Å². The molecule has 0 N–H and O–H groups in total. The summed E-state index contributed by atoms with van der Waals surface area (Å²) in [4.78, 5) is 23.6. The molecule has 1 aliphatic carbocycles. The van der Waals surface area contributed by atoms with Crippen LogP contribution < -0.4 is 0 Å². The number of carbonyl (C=O) groups excluding carboxylic acids is 2. The minimum Gasteiger partial charge on any atom is -0.300 e. The van der Waals surface area contributed by atoms with E-state index in [4.69, 9.17) is 0 Å². The molecule has 1 aliphatic rings. The van der Waals surface area contributed by atoms with Crippen LogP contribution in [0.2, 0.25) is 0 Å². The molecule has 0 unspecified atom stereocenters. The van der Waals surface area contributed by atoms with Gasteiger partial charge in [0.05, 0.1) is 0 Å². The highest BCUT2D eigenvalue weighted by Gasteiger charge is 2.58.